The third-order valence-electron chi connectivity index (χ3n) is 4.67. The Hall–Kier alpha value is -3.62. The molecule has 1 fully saturated rings. The van der Waals surface area contributed by atoms with Crippen LogP contribution in [0.15, 0.2) is 81.7 Å². The number of rotatable bonds is 6. The van der Waals surface area contributed by atoms with Crippen LogP contribution in [0.4, 0.5) is 5.69 Å². The van der Waals surface area contributed by atoms with Gasteiger partial charge >= 0.3 is 5.97 Å². The van der Waals surface area contributed by atoms with Gasteiger partial charge in [0, 0.05) is 10.0 Å². The molecule has 0 saturated carbocycles. The van der Waals surface area contributed by atoms with Crippen LogP contribution in [0.2, 0.25) is 5.02 Å². The van der Waals surface area contributed by atoms with Crippen molar-refractivity contribution in [1.82, 2.24) is 5.43 Å². The van der Waals surface area contributed by atoms with E-state index in [4.69, 9.17) is 20.8 Å². The third-order valence-corrected chi connectivity index (χ3v) is 5.50. The first-order valence-electron chi connectivity index (χ1n) is 9.68. The van der Waals surface area contributed by atoms with Crippen LogP contribution in [-0.2, 0) is 14.3 Å². The van der Waals surface area contributed by atoms with Crippen LogP contribution in [0.25, 0.3) is 17.4 Å². The van der Waals surface area contributed by atoms with Gasteiger partial charge in [0.2, 0.25) is 0 Å². The van der Waals surface area contributed by atoms with Crippen LogP contribution >= 0.6 is 27.5 Å². The molecule has 166 valence electrons. The highest BCUT2D eigenvalue weighted by Crippen LogP contribution is 2.29. The zero-order valence-corrected chi connectivity index (χ0v) is 19.4. The quantitative estimate of drug-likeness (QED) is 0.207. The van der Waals surface area contributed by atoms with Gasteiger partial charge in [0.25, 0.3) is 11.8 Å². The molecule has 0 unspecified atom stereocenters. The maximum Gasteiger partial charge on any atom is 0.339 e. The van der Waals surface area contributed by atoms with E-state index in [9.17, 15) is 14.4 Å². The van der Waals surface area contributed by atoms with Crippen LogP contribution in [0.3, 0.4) is 0 Å². The molecule has 1 N–H and O–H groups in total. The lowest BCUT2D eigenvalue weighted by molar-refractivity contribution is -0.117. The number of halogens is 2. The fraction of sp³-hybridized carbons (Fsp3) is 0.0417. The third kappa shape index (κ3) is 4.76. The van der Waals surface area contributed by atoms with Gasteiger partial charge in [-0.15, -0.1) is 0 Å². The molecule has 9 heteroatoms. The Bertz CT molecular complexity index is 1310. The van der Waals surface area contributed by atoms with E-state index in [2.05, 4.69) is 27.9 Å². The number of nitrogens with one attached hydrogen (secondary N) is 1. The fourth-order valence-electron chi connectivity index (χ4n) is 3.13. The van der Waals surface area contributed by atoms with Crippen molar-refractivity contribution in [2.24, 2.45) is 0 Å². The van der Waals surface area contributed by atoms with Crippen LogP contribution in [0, 0.1) is 0 Å². The predicted octanol–water partition coefficient (Wildman–Crippen LogP) is 5.17. The molecular formula is C24H16BrClN2O5. The molecule has 2 amide bonds. The molecule has 0 radical (unpaired) electrons. The molecule has 33 heavy (non-hydrogen) atoms. The topological polar surface area (TPSA) is 88.9 Å². The van der Waals surface area contributed by atoms with Crippen molar-refractivity contribution in [2.45, 2.75) is 0 Å². The second kappa shape index (κ2) is 9.48. The lowest BCUT2D eigenvalue weighted by Gasteiger charge is -2.14. The average molecular weight is 528 g/mol. The van der Waals surface area contributed by atoms with E-state index < -0.39 is 17.8 Å². The first-order valence-corrected chi connectivity index (χ1v) is 10.8. The van der Waals surface area contributed by atoms with Gasteiger partial charge in [0.1, 0.15) is 23.7 Å². The van der Waals surface area contributed by atoms with Crippen LogP contribution < -0.4 is 10.4 Å². The van der Waals surface area contributed by atoms with Crippen LogP contribution in [0.1, 0.15) is 16.1 Å². The molecule has 0 bridgehead atoms. The number of nitrogens with zero attached hydrogens (tertiary/aromatic N) is 1. The smallest absolute Gasteiger partial charge is 0.339 e. The van der Waals surface area contributed by atoms with Gasteiger partial charge in [-0.1, -0.05) is 46.3 Å². The Morgan fingerprint density at radius 1 is 1.18 bits per heavy atom. The average Bonchev–Trinajstić information content (AvgIpc) is 3.38. The van der Waals surface area contributed by atoms with Gasteiger partial charge in [-0.25, -0.2) is 9.80 Å². The van der Waals surface area contributed by atoms with E-state index in [0.29, 0.717) is 22.8 Å². The van der Waals surface area contributed by atoms with E-state index in [-0.39, 0.29) is 22.8 Å². The molecule has 1 aliphatic heterocycles. The Labute approximate surface area is 202 Å². The van der Waals surface area contributed by atoms with Gasteiger partial charge in [-0.05, 0) is 54.6 Å². The second-order valence-corrected chi connectivity index (χ2v) is 8.23. The van der Waals surface area contributed by atoms with Crippen molar-refractivity contribution >= 4 is 57.1 Å². The number of anilines is 1. The maximum absolute atomic E-state index is 12.8. The summed E-state index contributed by atoms with van der Waals surface area (Å²) in [4.78, 5) is 37.4. The summed E-state index contributed by atoms with van der Waals surface area (Å²) in [6.07, 6.45) is 2.83. The molecule has 3 aromatic rings. The van der Waals surface area contributed by atoms with Gasteiger partial charge in [0.15, 0.2) is 0 Å². The number of hydrogen-bond acceptors (Lipinski definition) is 5. The Morgan fingerprint density at radius 3 is 2.76 bits per heavy atom. The Kier molecular flexibility index (Phi) is 6.48. The molecule has 1 saturated heterocycles. The number of carbonyl (C=O) groups excluding carboxylic acids is 3. The lowest BCUT2D eigenvalue weighted by atomic mass is 10.1. The standard InChI is InChI=1S/C24H16BrClN2O5/c1-2-10-32-24(31)18-11-14(6-8-20(18)26)21-9-7-17(33-21)13-19-22(29)27-28(23(19)30)16-5-3-4-15(25)12-16/h2-9,11-13H,1,10H2,(H,27,29)/b19-13+. The molecule has 0 spiro atoms. The normalized spacial score (nSPS) is 14.5. The molecule has 0 atom stereocenters. The summed E-state index contributed by atoms with van der Waals surface area (Å²) in [6, 6.07) is 15.1. The van der Waals surface area contributed by atoms with Crippen molar-refractivity contribution in [3.8, 4) is 11.3 Å². The van der Waals surface area contributed by atoms with Crippen molar-refractivity contribution in [3.63, 3.8) is 0 Å². The van der Waals surface area contributed by atoms with E-state index in [0.717, 1.165) is 4.47 Å². The van der Waals surface area contributed by atoms with Crippen molar-refractivity contribution in [2.75, 3.05) is 11.6 Å². The summed E-state index contributed by atoms with van der Waals surface area (Å²) >= 11 is 9.47. The van der Waals surface area contributed by atoms with E-state index >= 15 is 0 Å². The predicted molar refractivity (Wildman–Crippen MR) is 127 cm³/mol. The summed E-state index contributed by atoms with van der Waals surface area (Å²) in [5, 5.41) is 1.41. The summed E-state index contributed by atoms with van der Waals surface area (Å²) in [7, 11) is 0. The van der Waals surface area contributed by atoms with Crippen LogP contribution in [-0.4, -0.2) is 24.4 Å². The summed E-state index contributed by atoms with van der Waals surface area (Å²) in [6.45, 7) is 3.57. The second-order valence-electron chi connectivity index (χ2n) is 6.90. The zero-order valence-electron chi connectivity index (χ0n) is 17.0. The minimum Gasteiger partial charge on any atom is -0.458 e. The van der Waals surface area contributed by atoms with Gasteiger partial charge in [-0.2, -0.15) is 0 Å². The largest absolute Gasteiger partial charge is 0.458 e. The van der Waals surface area contributed by atoms with Crippen molar-refractivity contribution in [1.29, 1.82) is 0 Å². The first kappa shape index (κ1) is 22.6. The molecule has 0 aliphatic carbocycles. The van der Waals surface area contributed by atoms with Crippen molar-refractivity contribution in [3.05, 3.63) is 93.6 Å². The molecular weight excluding hydrogens is 512 g/mol. The number of hydrogen-bond donors (Lipinski definition) is 1. The minimum atomic E-state index is -0.587. The number of carbonyl (C=O) groups is 3. The summed E-state index contributed by atoms with van der Waals surface area (Å²) < 4.78 is 11.6. The van der Waals surface area contributed by atoms with Gasteiger partial charge in [0.05, 0.1) is 16.3 Å². The molecule has 4 rings (SSSR count). The zero-order chi connectivity index (χ0) is 23.5. The minimum absolute atomic E-state index is 0.0604. The van der Waals surface area contributed by atoms with E-state index in [1.165, 1.54) is 17.2 Å². The Morgan fingerprint density at radius 2 is 2.00 bits per heavy atom. The van der Waals surface area contributed by atoms with Gasteiger partial charge in [-0.3, -0.25) is 15.0 Å². The number of esters is 1. The van der Waals surface area contributed by atoms with E-state index in [1.807, 2.05) is 6.07 Å². The fourth-order valence-corrected chi connectivity index (χ4v) is 3.71. The molecule has 1 aliphatic rings. The van der Waals surface area contributed by atoms with Crippen LogP contribution in [0.5, 0.6) is 0 Å². The number of hydrazine groups is 1. The maximum atomic E-state index is 12.8. The van der Waals surface area contributed by atoms with E-state index in [1.54, 1.807) is 48.5 Å². The SMILES string of the molecule is C=CCOC(=O)c1cc(-c2ccc(/C=C3\C(=O)NN(c4cccc(Br)c4)C3=O)o2)ccc1Cl. The molecule has 2 heterocycles. The summed E-state index contributed by atoms with van der Waals surface area (Å²) in [5.41, 5.74) is 3.75. The highest BCUT2D eigenvalue weighted by Gasteiger charge is 2.34. The number of ether oxygens (including phenoxy) is 1. The number of benzene rings is 2. The molecule has 1 aromatic heterocycles. The highest BCUT2D eigenvalue weighted by atomic mass is 79.9. The Balaban J connectivity index is 1.59. The van der Waals surface area contributed by atoms with Gasteiger partial charge < -0.3 is 9.15 Å². The lowest BCUT2D eigenvalue weighted by Crippen LogP contribution is -2.35. The summed E-state index contributed by atoms with van der Waals surface area (Å²) in [5.74, 6) is -0.917. The number of amides is 2. The highest BCUT2D eigenvalue weighted by molar-refractivity contribution is 9.10. The van der Waals surface area contributed by atoms with Crippen molar-refractivity contribution < 1.29 is 23.5 Å². The first-order chi connectivity index (χ1) is 15.9. The molecule has 7 nitrogen and oxygen atoms in total. The monoisotopic (exact) mass is 526 g/mol. The molecule has 2 aromatic carbocycles. The number of furan rings is 1.